The molecule has 20 heavy (non-hydrogen) atoms. The lowest BCUT2D eigenvalue weighted by Gasteiger charge is -2.01. The number of nitrogens with one attached hydrogen (secondary N) is 1. The van der Waals surface area contributed by atoms with Crippen molar-refractivity contribution in [3.8, 4) is 11.1 Å². The highest BCUT2D eigenvalue weighted by Crippen LogP contribution is 2.32. The summed E-state index contributed by atoms with van der Waals surface area (Å²) in [5.41, 5.74) is 4.83. The molecule has 0 aliphatic carbocycles. The van der Waals surface area contributed by atoms with Crippen LogP contribution in [0.1, 0.15) is 0 Å². The van der Waals surface area contributed by atoms with Crippen molar-refractivity contribution < 1.29 is 0 Å². The summed E-state index contributed by atoms with van der Waals surface area (Å²) in [4.78, 5) is 3.48. The zero-order chi connectivity index (χ0) is 13.5. The smallest absolute Gasteiger partial charge is 0.0609 e. The van der Waals surface area contributed by atoms with E-state index in [0.29, 0.717) is 0 Å². The summed E-state index contributed by atoms with van der Waals surface area (Å²) in [6.45, 7) is 0. The van der Waals surface area contributed by atoms with E-state index < -0.39 is 0 Å². The van der Waals surface area contributed by atoms with Crippen LogP contribution >= 0.6 is 15.9 Å². The van der Waals surface area contributed by atoms with Crippen LogP contribution in [0.15, 0.2) is 71.2 Å². The van der Waals surface area contributed by atoms with Crippen molar-refractivity contribution in [2.75, 3.05) is 0 Å². The van der Waals surface area contributed by atoms with Gasteiger partial charge in [-0.3, -0.25) is 0 Å². The van der Waals surface area contributed by atoms with Crippen molar-refractivity contribution in [3.63, 3.8) is 0 Å². The number of aromatic nitrogens is 1. The van der Waals surface area contributed by atoms with Crippen molar-refractivity contribution in [1.29, 1.82) is 0 Å². The number of benzene rings is 3. The number of H-pyrrole nitrogens is 1. The highest BCUT2D eigenvalue weighted by molar-refractivity contribution is 9.10. The van der Waals surface area contributed by atoms with Crippen molar-refractivity contribution in [2.45, 2.75) is 0 Å². The van der Waals surface area contributed by atoms with Crippen LogP contribution in [0.4, 0.5) is 0 Å². The van der Waals surface area contributed by atoms with Crippen LogP contribution < -0.4 is 0 Å². The monoisotopic (exact) mass is 321 g/mol. The van der Waals surface area contributed by atoms with Gasteiger partial charge in [-0.1, -0.05) is 48.5 Å². The van der Waals surface area contributed by atoms with Crippen molar-refractivity contribution in [2.24, 2.45) is 0 Å². The Morgan fingerprint density at radius 3 is 2.40 bits per heavy atom. The number of hydrogen-bond acceptors (Lipinski definition) is 0. The first-order valence-corrected chi connectivity index (χ1v) is 7.37. The molecule has 2 heteroatoms. The molecule has 0 atom stereocenters. The van der Waals surface area contributed by atoms with Gasteiger partial charge in [0.15, 0.2) is 0 Å². The highest BCUT2D eigenvalue weighted by atomic mass is 79.9. The largest absolute Gasteiger partial charge is 0.354 e. The molecule has 0 unspecified atom stereocenters. The summed E-state index contributed by atoms with van der Waals surface area (Å²) < 4.78 is 1.10. The molecular weight excluding hydrogens is 310 g/mol. The maximum atomic E-state index is 3.61. The van der Waals surface area contributed by atoms with E-state index in [9.17, 15) is 0 Å². The Hall–Kier alpha value is -2.06. The summed E-state index contributed by atoms with van der Waals surface area (Å²) in [7, 11) is 0. The minimum absolute atomic E-state index is 1.10. The van der Waals surface area contributed by atoms with Gasteiger partial charge in [-0.25, -0.2) is 0 Å². The molecule has 1 nitrogen and oxygen atoms in total. The average Bonchev–Trinajstić information content (AvgIpc) is 2.88. The second kappa shape index (κ2) is 4.50. The third-order valence-electron chi connectivity index (χ3n) is 3.69. The normalized spacial score (nSPS) is 11.2. The molecule has 4 rings (SSSR count). The lowest BCUT2D eigenvalue weighted by Crippen LogP contribution is -1.76. The van der Waals surface area contributed by atoms with Gasteiger partial charge in [-0.05, 0) is 45.3 Å². The molecule has 0 saturated heterocycles. The first-order valence-electron chi connectivity index (χ1n) is 6.58. The van der Waals surface area contributed by atoms with Gasteiger partial charge in [0.2, 0.25) is 0 Å². The lowest BCUT2D eigenvalue weighted by atomic mass is 10.0. The predicted molar refractivity (Wildman–Crippen MR) is 88.9 cm³/mol. The zero-order valence-electron chi connectivity index (χ0n) is 10.7. The molecule has 1 aromatic heterocycles. The fourth-order valence-corrected chi connectivity index (χ4v) is 3.16. The van der Waals surface area contributed by atoms with E-state index in [1.54, 1.807) is 0 Å². The number of aromatic amines is 1. The Kier molecular flexibility index (Phi) is 2.64. The molecule has 0 aliphatic heterocycles. The first-order chi connectivity index (χ1) is 9.83. The Bertz CT molecular complexity index is 907. The van der Waals surface area contributed by atoms with Gasteiger partial charge in [-0.15, -0.1) is 0 Å². The highest BCUT2D eigenvalue weighted by Gasteiger charge is 2.07. The molecule has 0 spiro atoms. The summed E-state index contributed by atoms with van der Waals surface area (Å²) in [5.74, 6) is 0. The Labute approximate surface area is 125 Å². The van der Waals surface area contributed by atoms with E-state index in [4.69, 9.17) is 0 Å². The average molecular weight is 322 g/mol. The zero-order valence-corrected chi connectivity index (χ0v) is 12.3. The Morgan fingerprint density at radius 2 is 1.55 bits per heavy atom. The molecule has 0 aliphatic rings. The van der Waals surface area contributed by atoms with Crippen molar-refractivity contribution >= 4 is 37.7 Å². The first kappa shape index (κ1) is 11.7. The minimum atomic E-state index is 1.10. The number of rotatable bonds is 1. The molecule has 0 radical (unpaired) electrons. The van der Waals surface area contributed by atoms with Gasteiger partial charge in [-0.2, -0.15) is 0 Å². The van der Waals surface area contributed by atoms with E-state index in [-0.39, 0.29) is 0 Å². The van der Waals surface area contributed by atoms with Crippen LogP contribution in [0.5, 0.6) is 0 Å². The second-order valence-corrected chi connectivity index (χ2v) is 5.77. The second-order valence-electron chi connectivity index (χ2n) is 4.91. The van der Waals surface area contributed by atoms with Crippen LogP contribution in [0.3, 0.4) is 0 Å². The van der Waals surface area contributed by atoms with Crippen LogP contribution in [0.25, 0.3) is 32.9 Å². The molecule has 0 saturated carbocycles. The fourth-order valence-electron chi connectivity index (χ4n) is 2.70. The van der Waals surface area contributed by atoms with Gasteiger partial charge < -0.3 is 4.98 Å². The Balaban J connectivity index is 2.04. The summed E-state index contributed by atoms with van der Waals surface area (Å²) >= 11 is 3.61. The van der Waals surface area contributed by atoms with E-state index in [0.717, 1.165) is 9.99 Å². The van der Waals surface area contributed by atoms with Gasteiger partial charge in [0.25, 0.3) is 0 Å². The minimum Gasteiger partial charge on any atom is -0.354 e. The molecule has 1 N–H and O–H groups in total. The number of fused-ring (bicyclic) bond motifs is 3. The number of para-hydroxylation sites is 1. The number of hydrogen-bond donors (Lipinski definition) is 1. The van der Waals surface area contributed by atoms with E-state index in [1.165, 1.54) is 27.4 Å². The Morgan fingerprint density at radius 1 is 0.700 bits per heavy atom. The quantitative estimate of drug-likeness (QED) is 0.459. The molecular formula is C18H12BrN. The van der Waals surface area contributed by atoms with Crippen LogP contribution in [-0.4, -0.2) is 4.98 Å². The summed E-state index contributed by atoms with van der Waals surface area (Å²) in [5, 5.41) is 2.52. The maximum absolute atomic E-state index is 3.61. The molecule has 4 aromatic rings. The lowest BCUT2D eigenvalue weighted by molar-refractivity contribution is 1.53. The van der Waals surface area contributed by atoms with Gasteiger partial charge in [0.1, 0.15) is 0 Å². The summed E-state index contributed by atoms with van der Waals surface area (Å²) in [6, 6.07) is 23.4. The number of halogens is 1. The molecule has 3 aromatic carbocycles. The topological polar surface area (TPSA) is 15.8 Å². The SMILES string of the molecule is Brc1cccc2c1[nH]c1ccc(-c3ccccc3)cc12. The van der Waals surface area contributed by atoms with Crippen LogP contribution in [0.2, 0.25) is 0 Å². The molecule has 0 amide bonds. The van der Waals surface area contributed by atoms with E-state index in [2.05, 4.69) is 81.6 Å². The standard InChI is InChI=1S/C18H12BrN/c19-16-8-4-7-14-15-11-13(12-5-2-1-3-6-12)9-10-17(15)20-18(14)16/h1-11,20H. The predicted octanol–water partition coefficient (Wildman–Crippen LogP) is 5.75. The van der Waals surface area contributed by atoms with Crippen molar-refractivity contribution in [1.82, 2.24) is 4.98 Å². The van der Waals surface area contributed by atoms with Gasteiger partial charge in [0.05, 0.1) is 5.52 Å². The van der Waals surface area contributed by atoms with Crippen LogP contribution in [-0.2, 0) is 0 Å². The van der Waals surface area contributed by atoms with E-state index >= 15 is 0 Å². The summed E-state index contributed by atoms with van der Waals surface area (Å²) in [6.07, 6.45) is 0. The molecule has 1 heterocycles. The third kappa shape index (κ3) is 1.76. The molecule has 96 valence electrons. The fraction of sp³-hybridized carbons (Fsp3) is 0. The van der Waals surface area contributed by atoms with Crippen LogP contribution in [0, 0.1) is 0 Å². The van der Waals surface area contributed by atoms with Crippen molar-refractivity contribution in [3.05, 3.63) is 71.2 Å². The third-order valence-corrected chi connectivity index (χ3v) is 4.35. The van der Waals surface area contributed by atoms with E-state index in [1.807, 2.05) is 6.07 Å². The van der Waals surface area contributed by atoms with Gasteiger partial charge >= 0.3 is 0 Å². The molecule has 0 fully saturated rings. The van der Waals surface area contributed by atoms with Gasteiger partial charge in [0, 0.05) is 20.8 Å². The molecule has 0 bridgehead atoms. The maximum Gasteiger partial charge on any atom is 0.0609 e.